The lowest BCUT2D eigenvalue weighted by molar-refractivity contribution is -0.161. The standard InChI is InChI=1S/C21H29ClNO3Si/c1-20(2,3)21(4,26-27(5)6)16-17(23-19(16)25)14-10-8-12-7-9-13(22)11-15(12)18(14)24/h7,9,11,14,16-17H,8,10H2,1-6H3,(H,23,25)/t14-,16-,17-,21-/m1/s1. The molecule has 0 unspecified atom stereocenters. The van der Waals surface area contributed by atoms with Gasteiger partial charge in [-0.1, -0.05) is 38.4 Å². The fourth-order valence-electron chi connectivity index (χ4n) is 4.42. The van der Waals surface area contributed by atoms with E-state index in [4.69, 9.17) is 16.0 Å². The van der Waals surface area contributed by atoms with Crippen molar-refractivity contribution < 1.29 is 14.0 Å². The van der Waals surface area contributed by atoms with E-state index in [9.17, 15) is 9.59 Å². The number of halogens is 1. The van der Waals surface area contributed by atoms with Gasteiger partial charge in [0.2, 0.25) is 14.9 Å². The Bertz CT molecular complexity index is 773. The molecule has 0 saturated carbocycles. The van der Waals surface area contributed by atoms with Crippen molar-refractivity contribution in [2.75, 3.05) is 0 Å². The van der Waals surface area contributed by atoms with Gasteiger partial charge < -0.3 is 9.74 Å². The first-order valence-corrected chi connectivity index (χ1v) is 12.4. The van der Waals surface area contributed by atoms with Gasteiger partial charge in [-0.25, -0.2) is 0 Å². The second-order valence-corrected chi connectivity index (χ2v) is 11.6. The molecule has 3 rings (SSSR count). The van der Waals surface area contributed by atoms with Crippen molar-refractivity contribution in [3.63, 3.8) is 0 Å². The number of benzene rings is 1. The maximum absolute atomic E-state index is 13.2. The topological polar surface area (TPSA) is 55.4 Å². The lowest BCUT2D eigenvalue weighted by Crippen LogP contribution is -2.73. The lowest BCUT2D eigenvalue weighted by atomic mass is 9.60. The number of aryl methyl sites for hydroxylation is 1. The summed E-state index contributed by atoms with van der Waals surface area (Å²) in [6.07, 6.45) is 1.57. The Kier molecular flexibility index (Phi) is 5.34. The first kappa shape index (κ1) is 20.6. The normalized spacial score (nSPS) is 27.6. The number of nitrogens with one attached hydrogen (secondary N) is 1. The molecule has 1 N–H and O–H groups in total. The van der Waals surface area contributed by atoms with Crippen molar-refractivity contribution in [1.29, 1.82) is 0 Å². The smallest absolute Gasteiger partial charge is 0.228 e. The molecule has 1 saturated heterocycles. The highest BCUT2D eigenvalue weighted by molar-refractivity contribution is 6.48. The maximum atomic E-state index is 13.2. The summed E-state index contributed by atoms with van der Waals surface area (Å²) in [6.45, 7) is 12.5. The molecule has 27 heavy (non-hydrogen) atoms. The predicted octanol–water partition coefficient (Wildman–Crippen LogP) is 4.27. The van der Waals surface area contributed by atoms with Gasteiger partial charge in [-0.15, -0.1) is 0 Å². The van der Waals surface area contributed by atoms with Crippen molar-refractivity contribution in [2.24, 2.45) is 17.3 Å². The number of β-lactam (4-membered cyclic amide) rings is 1. The Labute approximate surface area is 168 Å². The molecule has 1 radical (unpaired) electrons. The van der Waals surface area contributed by atoms with E-state index in [0.29, 0.717) is 10.6 Å². The van der Waals surface area contributed by atoms with Gasteiger partial charge in [0.15, 0.2) is 5.78 Å². The van der Waals surface area contributed by atoms with Gasteiger partial charge >= 0.3 is 0 Å². The van der Waals surface area contributed by atoms with Crippen LogP contribution in [0.25, 0.3) is 0 Å². The Hall–Kier alpha value is -1.17. The molecule has 147 valence electrons. The van der Waals surface area contributed by atoms with Crippen molar-refractivity contribution in [1.82, 2.24) is 5.32 Å². The van der Waals surface area contributed by atoms with E-state index in [2.05, 4.69) is 39.2 Å². The number of ketones is 1. The summed E-state index contributed by atoms with van der Waals surface area (Å²) in [6, 6.07) is 5.34. The summed E-state index contributed by atoms with van der Waals surface area (Å²) in [7, 11) is -1.02. The minimum atomic E-state index is -1.02. The number of Topliss-reactive ketones (excluding diaryl/α,β-unsaturated/α-hetero) is 1. The second kappa shape index (κ2) is 7.01. The summed E-state index contributed by atoms with van der Waals surface area (Å²) in [4.78, 5) is 25.9. The molecular weight excluding hydrogens is 378 g/mol. The number of carbonyl (C=O) groups excluding carboxylic acids is 2. The number of amides is 1. The van der Waals surface area contributed by atoms with Crippen LogP contribution in [0.15, 0.2) is 18.2 Å². The highest BCUT2D eigenvalue weighted by Gasteiger charge is 2.60. The van der Waals surface area contributed by atoms with Crippen molar-refractivity contribution >= 4 is 32.3 Å². The highest BCUT2D eigenvalue weighted by Crippen LogP contribution is 2.47. The quantitative estimate of drug-likeness (QED) is 0.600. The molecule has 0 aromatic heterocycles. The van der Waals surface area contributed by atoms with E-state index in [1.807, 2.05) is 19.1 Å². The molecule has 2 aliphatic rings. The molecule has 1 aliphatic heterocycles. The zero-order valence-corrected chi connectivity index (χ0v) is 18.7. The van der Waals surface area contributed by atoms with Gasteiger partial charge in [0.25, 0.3) is 0 Å². The molecule has 1 aliphatic carbocycles. The van der Waals surface area contributed by atoms with Gasteiger partial charge in [-0.3, -0.25) is 9.59 Å². The Morgan fingerprint density at radius 1 is 1.19 bits per heavy atom. The molecule has 4 nitrogen and oxygen atoms in total. The van der Waals surface area contributed by atoms with Gasteiger partial charge in [0, 0.05) is 16.5 Å². The monoisotopic (exact) mass is 406 g/mol. The third-order valence-electron chi connectivity index (χ3n) is 6.28. The fourth-order valence-corrected chi connectivity index (χ4v) is 5.87. The number of carbonyl (C=O) groups is 2. The lowest BCUT2D eigenvalue weighted by Gasteiger charge is -2.56. The fraction of sp³-hybridized carbons (Fsp3) is 0.619. The van der Waals surface area contributed by atoms with E-state index < -0.39 is 14.6 Å². The number of rotatable bonds is 4. The summed E-state index contributed by atoms with van der Waals surface area (Å²) >= 11 is 6.12. The van der Waals surface area contributed by atoms with Gasteiger partial charge in [-0.2, -0.15) is 0 Å². The minimum absolute atomic E-state index is 0.00892. The minimum Gasteiger partial charge on any atom is -0.411 e. The van der Waals surface area contributed by atoms with Crippen molar-refractivity contribution in [3.05, 3.63) is 34.3 Å². The van der Waals surface area contributed by atoms with Crippen molar-refractivity contribution in [2.45, 2.75) is 65.3 Å². The number of hydrogen-bond donors (Lipinski definition) is 1. The average molecular weight is 407 g/mol. The number of hydrogen-bond acceptors (Lipinski definition) is 3. The van der Waals surface area contributed by atoms with Crippen LogP contribution in [-0.2, 0) is 15.6 Å². The molecule has 1 aromatic carbocycles. The molecule has 1 heterocycles. The zero-order valence-electron chi connectivity index (χ0n) is 17.0. The van der Waals surface area contributed by atoms with Crippen molar-refractivity contribution in [3.8, 4) is 0 Å². The largest absolute Gasteiger partial charge is 0.411 e. The van der Waals surface area contributed by atoms with Gasteiger partial charge in [0.1, 0.15) is 0 Å². The van der Waals surface area contributed by atoms with Crippen LogP contribution in [0.5, 0.6) is 0 Å². The van der Waals surface area contributed by atoms with Gasteiger partial charge in [-0.05, 0) is 56.0 Å². The first-order valence-electron chi connectivity index (χ1n) is 9.58. The van der Waals surface area contributed by atoms with Gasteiger partial charge in [0.05, 0.1) is 17.6 Å². The summed E-state index contributed by atoms with van der Waals surface area (Å²) in [5.41, 5.74) is 0.902. The summed E-state index contributed by atoms with van der Waals surface area (Å²) in [5.74, 6) is -0.477. The van der Waals surface area contributed by atoms with E-state index in [1.54, 1.807) is 6.07 Å². The molecule has 1 amide bonds. The molecule has 1 aromatic rings. The van der Waals surface area contributed by atoms with Crippen LogP contribution in [0, 0.1) is 17.3 Å². The van der Waals surface area contributed by atoms with E-state index in [-0.39, 0.29) is 35.0 Å². The first-order chi connectivity index (χ1) is 12.5. The molecule has 6 heteroatoms. The molecule has 0 spiro atoms. The van der Waals surface area contributed by atoms with Crippen LogP contribution in [0.2, 0.25) is 18.1 Å². The van der Waals surface area contributed by atoms with E-state index >= 15 is 0 Å². The average Bonchev–Trinajstić information content (AvgIpc) is 2.52. The zero-order chi connectivity index (χ0) is 20.1. The predicted molar refractivity (Wildman–Crippen MR) is 109 cm³/mol. The van der Waals surface area contributed by atoms with Crippen LogP contribution in [0.1, 0.15) is 50.0 Å². The summed E-state index contributed by atoms with van der Waals surface area (Å²) in [5, 5.41) is 3.60. The van der Waals surface area contributed by atoms with E-state index in [1.165, 1.54) is 0 Å². The van der Waals surface area contributed by atoms with E-state index in [0.717, 1.165) is 18.4 Å². The maximum Gasteiger partial charge on any atom is 0.228 e. The third-order valence-corrected chi connectivity index (χ3v) is 7.35. The Morgan fingerprint density at radius 2 is 1.85 bits per heavy atom. The molecule has 0 bridgehead atoms. The molecule has 4 atom stereocenters. The van der Waals surface area contributed by atoms with Crippen LogP contribution < -0.4 is 5.32 Å². The van der Waals surface area contributed by atoms with Crippen LogP contribution in [-0.4, -0.2) is 32.4 Å². The Morgan fingerprint density at radius 3 is 2.41 bits per heavy atom. The Balaban J connectivity index is 1.93. The second-order valence-electron chi connectivity index (χ2n) is 9.19. The molecular formula is C21H29ClNO3Si. The highest BCUT2D eigenvalue weighted by atomic mass is 35.5. The van der Waals surface area contributed by atoms with Crippen LogP contribution >= 0.6 is 11.6 Å². The SMILES string of the molecule is C[Si](C)O[C@](C)([C@H]1C(=O)N[C@@H]1[C@H]1CCc2ccc(Cl)cc2C1=O)C(C)(C)C. The summed E-state index contributed by atoms with van der Waals surface area (Å²) < 4.78 is 6.43. The van der Waals surface area contributed by atoms with Crippen LogP contribution in [0.4, 0.5) is 0 Å². The number of fused-ring (bicyclic) bond motifs is 1. The van der Waals surface area contributed by atoms with Crippen LogP contribution in [0.3, 0.4) is 0 Å². The third kappa shape index (κ3) is 3.50. The molecule has 1 fully saturated rings.